The number of nitrogens with zero attached hydrogens (tertiary/aromatic N) is 1. The van der Waals surface area contributed by atoms with E-state index in [1.54, 1.807) is 17.5 Å². The van der Waals surface area contributed by atoms with Crippen LogP contribution < -0.4 is 5.32 Å². The summed E-state index contributed by atoms with van der Waals surface area (Å²) >= 11 is 1.59. The van der Waals surface area contributed by atoms with Gasteiger partial charge in [-0.1, -0.05) is 18.2 Å². The predicted molar refractivity (Wildman–Crippen MR) is 85.4 cm³/mol. The molecule has 2 N–H and O–H groups in total. The Hall–Kier alpha value is -2.14. The quantitative estimate of drug-likeness (QED) is 0.735. The second-order valence-electron chi connectivity index (χ2n) is 4.89. The second kappa shape index (κ2) is 6.54. The zero-order chi connectivity index (χ0) is 14.5. The van der Waals surface area contributed by atoms with Gasteiger partial charge in [-0.2, -0.15) is 0 Å². The highest BCUT2D eigenvalue weighted by Crippen LogP contribution is 2.17. The smallest absolute Gasteiger partial charge is 0.220 e. The third kappa shape index (κ3) is 3.49. The number of carbonyl (C=O) groups excluding carboxylic acids is 1. The van der Waals surface area contributed by atoms with Gasteiger partial charge in [-0.3, -0.25) is 4.79 Å². The summed E-state index contributed by atoms with van der Waals surface area (Å²) < 4.78 is 0. The van der Waals surface area contributed by atoms with Crippen LogP contribution in [0.1, 0.15) is 17.0 Å². The summed E-state index contributed by atoms with van der Waals surface area (Å²) in [7, 11) is 0. The van der Waals surface area contributed by atoms with Crippen LogP contribution in [-0.4, -0.2) is 22.4 Å². The average molecular weight is 299 g/mol. The van der Waals surface area contributed by atoms with Crippen molar-refractivity contribution < 1.29 is 4.79 Å². The Morgan fingerprint density at radius 3 is 3.05 bits per heavy atom. The van der Waals surface area contributed by atoms with Gasteiger partial charge in [0.05, 0.1) is 5.01 Å². The van der Waals surface area contributed by atoms with E-state index in [1.807, 2.05) is 23.7 Å². The van der Waals surface area contributed by atoms with Gasteiger partial charge >= 0.3 is 0 Å². The number of para-hydroxylation sites is 1. The topological polar surface area (TPSA) is 57.8 Å². The van der Waals surface area contributed by atoms with E-state index >= 15 is 0 Å². The van der Waals surface area contributed by atoms with Crippen molar-refractivity contribution in [2.75, 3.05) is 6.54 Å². The van der Waals surface area contributed by atoms with Crippen LogP contribution in [0.2, 0.25) is 0 Å². The average Bonchev–Trinajstić information content (AvgIpc) is 3.15. The van der Waals surface area contributed by atoms with Gasteiger partial charge in [-0.05, 0) is 18.1 Å². The minimum atomic E-state index is 0.0880. The van der Waals surface area contributed by atoms with Gasteiger partial charge in [-0.15, -0.1) is 11.3 Å². The molecule has 108 valence electrons. The van der Waals surface area contributed by atoms with Crippen molar-refractivity contribution in [3.8, 4) is 0 Å². The molecule has 0 saturated carbocycles. The Bertz CT molecular complexity index is 718. The van der Waals surface area contributed by atoms with E-state index < -0.39 is 0 Å². The first kappa shape index (κ1) is 13.8. The van der Waals surface area contributed by atoms with Crippen molar-refractivity contribution in [1.29, 1.82) is 0 Å². The van der Waals surface area contributed by atoms with E-state index in [0.29, 0.717) is 13.0 Å². The fourth-order valence-corrected chi connectivity index (χ4v) is 2.98. The van der Waals surface area contributed by atoms with Crippen molar-refractivity contribution in [2.45, 2.75) is 19.3 Å². The Labute approximate surface area is 127 Å². The molecule has 1 amide bonds. The summed E-state index contributed by atoms with van der Waals surface area (Å²) in [5.74, 6) is 0.0880. The predicted octanol–water partition coefficient (Wildman–Crippen LogP) is 2.92. The molecular formula is C16H17N3OS. The second-order valence-corrected chi connectivity index (χ2v) is 5.86. The van der Waals surface area contributed by atoms with E-state index in [4.69, 9.17) is 0 Å². The molecule has 0 aliphatic carbocycles. The van der Waals surface area contributed by atoms with E-state index in [0.717, 1.165) is 23.4 Å². The lowest BCUT2D eigenvalue weighted by atomic mass is 10.1. The maximum Gasteiger partial charge on any atom is 0.220 e. The van der Waals surface area contributed by atoms with Crippen molar-refractivity contribution in [3.63, 3.8) is 0 Å². The number of fused-ring (bicyclic) bond motifs is 1. The van der Waals surface area contributed by atoms with Gasteiger partial charge in [0.2, 0.25) is 5.91 Å². The van der Waals surface area contributed by atoms with Gasteiger partial charge in [0.1, 0.15) is 0 Å². The molecule has 3 rings (SSSR count). The molecule has 5 heteroatoms. The first-order valence-electron chi connectivity index (χ1n) is 7.03. The number of nitrogens with one attached hydrogen (secondary N) is 2. The molecule has 0 spiro atoms. The SMILES string of the molecule is O=C(CCc1nccs1)NCCc1c[nH]c2ccccc12. The van der Waals surface area contributed by atoms with Crippen LogP contribution >= 0.6 is 11.3 Å². The number of aromatic amines is 1. The molecular weight excluding hydrogens is 282 g/mol. The molecule has 21 heavy (non-hydrogen) atoms. The highest BCUT2D eigenvalue weighted by Gasteiger charge is 2.05. The molecule has 0 unspecified atom stereocenters. The summed E-state index contributed by atoms with van der Waals surface area (Å²) in [6.45, 7) is 0.665. The number of rotatable bonds is 6. The first-order valence-corrected chi connectivity index (χ1v) is 7.91. The number of hydrogen-bond acceptors (Lipinski definition) is 3. The van der Waals surface area contributed by atoms with Crippen LogP contribution in [0.25, 0.3) is 10.9 Å². The van der Waals surface area contributed by atoms with E-state index in [2.05, 4.69) is 27.4 Å². The van der Waals surface area contributed by atoms with Crippen molar-refractivity contribution in [2.24, 2.45) is 0 Å². The van der Waals surface area contributed by atoms with Gasteiger partial charge in [0.25, 0.3) is 0 Å². The van der Waals surface area contributed by atoms with Crippen LogP contribution in [0.4, 0.5) is 0 Å². The van der Waals surface area contributed by atoms with Gasteiger partial charge < -0.3 is 10.3 Å². The summed E-state index contributed by atoms with van der Waals surface area (Å²) in [6, 6.07) is 8.21. The highest BCUT2D eigenvalue weighted by molar-refractivity contribution is 7.09. The molecule has 3 aromatic rings. The summed E-state index contributed by atoms with van der Waals surface area (Å²) in [5.41, 5.74) is 2.38. The summed E-state index contributed by atoms with van der Waals surface area (Å²) in [5, 5.41) is 7.15. The number of hydrogen-bond donors (Lipinski definition) is 2. The molecule has 4 nitrogen and oxygen atoms in total. The number of benzene rings is 1. The molecule has 0 aliphatic rings. The minimum absolute atomic E-state index is 0.0880. The van der Waals surface area contributed by atoms with Crippen LogP contribution in [0, 0.1) is 0 Å². The molecule has 1 aromatic carbocycles. The summed E-state index contributed by atoms with van der Waals surface area (Å²) in [6.07, 6.45) is 5.85. The number of amides is 1. The Morgan fingerprint density at radius 1 is 1.29 bits per heavy atom. The lowest BCUT2D eigenvalue weighted by Crippen LogP contribution is -2.25. The molecule has 0 atom stereocenters. The molecule has 2 aromatic heterocycles. The van der Waals surface area contributed by atoms with Gasteiger partial charge in [0, 0.05) is 48.1 Å². The molecule has 0 bridgehead atoms. The van der Waals surface area contributed by atoms with E-state index in [-0.39, 0.29) is 5.91 Å². The van der Waals surface area contributed by atoms with Crippen LogP contribution in [0.3, 0.4) is 0 Å². The number of aryl methyl sites for hydroxylation is 1. The largest absolute Gasteiger partial charge is 0.361 e. The maximum atomic E-state index is 11.8. The molecule has 0 radical (unpaired) electrons. The van der Waals surface area contributed by atoms with Crippen molar-refractivity contribution in [3.05, 3.63) is 52.6 Å². The van der Waals surface area contributed by atoms with Crippen molar-refractivity contribution in [1.82, 2.24) is 15.3 Å². The maximum absolute atomic E-state index is 11.8. The van der Waals surface area contributed by atoms with Crippen LogP contribution in [0.5, 0.6) is 0 Å². The van der Waals surface area contributed by atoms with Gasteiger partial charge in [0.15, 0.2) is 0 Å². The fourth-order valence-electron chi connectivity index (χ4n) is 2.36. The highest BCUT2D eigenvalue weighted by atomic mass is 32.1. The Morgan fingerprint density at radius 2 is 2.19 bits per heavy atom. The van der Waals surface area contributed by atoms with E-state index in [1.165, 1.54) is 10.9 Å². The fraction of sp³-hybridized carbons (Fsp3) is 0.250. The first-order chi connectivity index (χ1) is 10.3. The van der Waals surface area contributed by atoms with Gasteiger partial charge in [-0.25, -0.2) is 4.98 Å². The molecule has 0 aliphatic heterocycles. The van der Waals surface area contributed by atoms with Crippen molar-refractivity contribution >= 4 is 28.1 Å². The standard InChI is InChI=1S/C16H17N3OS/c20-15(5-6-16-18-9-10-21-16)17-8-7-12-11-19-14-4-2-1-3-13(12)14/h1-4,9-11,19H,5-8H2,(H,17,20). The Balaban J connectivity index is 1.46. The number of thiazole rings is 1. The number of H-pyrrole nitrogens is 1. The third-order valence-corrected chi connectivity index (χ3v) is 4.28. The van der Waals surface area contributed by atoms with Crippen LogP contribution in [-0.2, 0) is 17.6 Å². The minimum Gasteiger partial charge on any atom is -0.361 e. The zero-order valence-corrected chi connectivity index (χ0v) is 12.5. The lowest BCUT2D eigenvalue weighted by molar-refractivity contribution is -0.121. The monoisotopic (exact) mass is 299 g/mol. The Kier molecular flexibility index (Phi) is 4.31. The molecule has 2 heterocycles. The molecule has 0 fully saturated rings. The summed E-state index contributed by atoms with van der Waals surface area (Å²) in [4.78, 5) is 19.2. The molecule has 0 saturated heterocycles. The zero-order valence-electron chi connectivity index (χ0n) is 11.6. The number of carbonyl (C=O) groups is 1. The van der Waals surface area contributed by atoms with Crippen LogP contribution in [0.15, 0.2) is 42.0 Å². The number of aromatic nitrogens is 2. The lowest BCUT2D eigenvalue weighted by Gasteiger charge is -2.04. The normalized spacial score (nSPS) is 10.9. The third-order valence-electron chi connectivity index (χ3n) is 3.44. The van der Waals surface area contributed by atoms with E-state index in [9.17, 15) is 4.79 Å².